The molecule has 0 amide bonds. The van der Waals surface area contributed by atoms with Crippen LogP contribution < -0.4 is 10.4 Å². The van der Waals surface area contributed by atoms with Crippen molar-refractivity contribution in [2.45, 2.75) is 26.7 Å². The SMILES string of the molecule is C/C(c1ccc2ccccc2c1)=c1/cccc/c1=C(C1=C/C/C=C\C=C/C\C=C/1)/c1cc(-c2ccc3c(c2)c2c(-c4ccccn4)nccc2n3-c2ccccc2)ccc1C. The summed E-state index contributed by atoms with van der Waals surface area (Å²) in [5, 5.41) is 7.17. The van der Waals surface area contributed by atoms with E-state index in [-0.39, 0.29) is 0 Å². The normalized spacial score (nSPS) is 16.5. The first-order chi connectivity index (χ1) is 30.1. The Hall–Kier alpha value is -7.62. The molecule has 10 rings (SSSR count). The van der Waals surface area contributed by atoms with Crippen LogP contribution in [0, 0.1) is 6.92 Å². The summed E-state index contributed by atoms with van der Waals surface area (Å²) in [6.45, 7) is 4.51. The van der Waals surface area contributed by atoms with E-state index in [9.17, 15) is 0 Å². The van der Waals surface area contributed by atoms with Crippen LogP contribution in [0.2, 0.25) is 0 Å². The smallest absolute Gasteiger partial charge is 0.0986 e. The van der Waals surface area contributed by atoms with Crippen LogP contribution in [0.1, 0.15) is 36.5 Å². The molecule has 0 aliphatic heterocycles. The topological polar surface area (TPSA) is 30.7 Å². The molecule has 3 heterocycles. The van der Waals surface area contributed by atoms with Gasteiger partial charge in [0.2, 0.25) is 0 Å². The Bertz CT molecular complexity index is 3360. The zero-order chi connectivity index (χ0) is 41.1. The standard InChI is InChI=1S/C58H45N3/c1-40-28-29-46(47-32-33-54-52(39-47)57-55(61(54)48-23-11-8-12-24-48)34-36-60-58(57)53-27-17-18-35-59-53)38-51(40)56(43-20-9-6-4-3-5-7-10-21-43)50-26-16-15-25-49(50)41(2)44-31-30-42-19-13-14-22-45(42)37-44/h3-6,8,10-39H,7,9H2,1-2H3/b5-3-,6-4-,21-10-,43-20-,49-41+,56-50-. The molecule has 6 aromatic carbocycles. The Morgan fingerprint density at radius 3 is 2.18 bits per heavy atom. The number of aryl methyl sites for hydroxylation is 1. The van der Waals surface area contributed by atoms with Gasteiger partial charge in [0.25, 0.3) is 0 Å². The van der Waals surface area contributed by atoms with Gasteiger partial charge < -0.3 is 4.57 Å². The molecule has 292 valence electrons. The first-order valence-electron chi connectivity index (χ1n) is 21.1. The van der Waals surface area contributed by atoms with Gasteiger partial charge in [0, 0.05) is 28.9 Å². The highest BCUT2D eigenvalue weighted by Gasteiger charge is 2.19. The van der Waals surface area contributed by atoms with Crippen molar-refractivity contribution in [1.82, 2.24) is 14.5 Å². The molecule has 3 nitrogen and oxygen atoms in total. The molecule has 0 saturated carbocycles. The van der Waals surface area contributed by atoms with Gasteiger partial charge in [0.1, 0.15) is 0 Å². The first-order valence-corrected chi connectivity index (χ1v) is 21.1. The van der Waals surface area contributed by atoms with E-state index in [0.717, 1.165) is 62.8 Å². The summed E-state index contributed by atoms with van der Waals surface area (Å²) in [5.74, 6) is 0. The maximum atomic E-state index is 4.95. The van der Waals surface area contributed by atoms with Crippen LogP contribution in [-0.4, -0.2) is 14.5 Å². The highest BCUT2D eigenvalue weighted by molar-refractivity contribution is 6.15. The molecular formula is C58H45N3. The molecular weight excluding hydrogens is 739 g/mol. The van der Waals surface area contributed by atoms with Gasteiger partial charge >= 0.3 is 0 Å². The average molecular weight is 784 g/mol. The quantitative estimate of drug-likeness (QED) is 0.168. The summed E-state index contributed by atoms with van der Waals surface area (Å²) in [7, 11) is 0. The van der Waals surface area contributed by atoms with Crippen molar-refractivity contribution in [3.05, 3.63) is 245 Å². The predicted molar refractivity (Wildman–Crippen MR) is 257 cm³/mol. The summed E-state index contributed by atoms with van der Waals surface area (Å²) >= 11 is 0. The number of hydrogen-bond acceptors (Lipinski definition) is 2. The summed E-state index contributed by atoms with van der Waals surface area (Å²) in [5.41, 5.74) is 14.7. The fraction of sp³-hybridized carbons (Fsp3) is 0.0690. The second kappa shape index (κ2) is 16.6. The van der Waals surface area contributed by atoms with Crippen molar-refractivity contribution >= 4 is 43.7 Å². The second-order valence-electron chi connectivity index (χ2n) is 15.7. The average Bonchev–Trinajstić information content (AvgIpc) is 3.66. The zero-order valence-electron chi connectivity index (χ0n) is 34.5. The lowest BCUT2D eigenvalue weighted by molar-refractivity contribution is 1.17. The Balaban J connectivity index is 1.23. The van der Waals surface area contributed by atoms with E-state index in [1.54, 1.807) is 0 Å². The van der Waals surface area contributed by atoms with Crippen LogP contribution in [-0.2, 0) is 0 Å². The van der Waals surface area contributed by atoms with E-state index in [4.69, 9.17) is 9.97 Å². The van der Waals surface area contributed by atoms with E-state index in [0.29, 0.717) is 0 Å². The summed E-state index contributed by atoms with van der Waals surface area (Å²) < 4.78 is 2.35. The van der Waals surface area contributed by atoms with Crippen LogP contribution in [0.3, 0.4) is 0 Å². The third-order valence-electron chi connectivity index (χ3n) is 11.9. The van der Waals surface area contributed by atoms with Crippen molar-refractivity contribution in [2.24, 2.45) is 0 Å². The summed E-state index contributed by atoms with van der Waals surface area (Å²) in [6, 6.07) is 57.0. The zero-order valence-corrected chi connectivity index (χ0v) is 34.5. The number of allylic oxidation sites excluding steroid dienone is 8. The van der Waals surface area contributed by atoms with Crippen LogP contribution in [0.5, 0.6) is 0 Å². The molecule has 1 aliphatic rings. The minimum Gasteiger partial charge on any atom is -0.309 e. The third-order valence-corrected chi connectivity index (χ3v) is 11.9. The number of para-hydroxylation sites is 1. The Labute approximate surface area is 357 Å². The molecule has 1 aliphatic carbocycles. The predicted octanol–water partition coefficient (Wildman–Crippen LogP) is 13.2. The lowest BCUT2D eigenvalue weighted by Gasteiger charge is -2.17. The van der Waals surface area contributed by atoms with Crippen molar-refractivity contribution < 1.29 is 0 Å². The van der Waals surface area contributed by atoms with E-state index in [1.807, 2.05) is 30.6 Å². The number of nitrogens with zero attached hydrogens (tertiary/aromatic N) is 3. The largest absolute Gasteiger partial charge is 0.309 e. The molecule has 0 unspecified atom stereocenters. The first kappa shape index (κ1) is 37.6. The maximum Gasteiger partial charge on any atom is 0.0986 e. The molecule has 0 saturated heterocycles. The lowest BCUT2D eigenvalue weighted by Crippen LogP contribution is -2.30. The van der Waals surface area contributed by atoms with Gasteiger partial charge in [-0.25, -0.2) is 0 Å². The van der Waals surface area contributed by atoms with E-state index < -0.39 is 0 Å². The summed E-state index contributed by atoms with van der Waals surface area (Å²) in [4.78, 5) is 9.72. The number of hydrogen-bond donors (Lipinski definition) is 0. The van der Waals surface area contributed by atoms with E-state index in [1.165, 1.54) is 54.6 Å². The Morgan fingerprint density at radius 1 is 0.574 bits per heavy atom. The van der Waals surface area contributed by atoms with Gasteiger partial charge in [0.15, 0.2) is 0 Å². The molecule has 3 heteroatoms. The van der Waals surface area contributed by atoms with Crippen molar-refractivity contribution in [3.63, 3.8) is 0 Å². The molecule has 0 fully saturated rings. The van der Waals surface area contributed by atoms with E-state index in [2.05, 4.69) is 200 Å². The van der Waals surface area contributed by atoms with Crippen LogP contribution in [0.4, 0.5) is 0 Å². The highest BCUT2D eigenvalue weighted by atomic mass is 15.0. The highest BCUT2D eigenvalue weighted by Crippen LogP contribution is 2.39. The molecule has 9 aromatic rings. The number of benzene rings is 6. The van der Waals surface area contributed by atoms with Gasteiger partial charge in [-0.15, -0.1) is 0 Å². The maximum absolute atomic E-state index is 4.95. The van der Waals surface area contributed by atoms with E-state index >= 15 is 0 Å². The van der Waals surface area contributed by atoms with Gasteiger partial charge in [-0.1, -0.05) is 146 Å². The van der Waals surface area contributed by atoms with Crippen LogP contribution in [0.15, 0.2) is 218 Å². The van der Waals surface area contributed by atoms with Crippen molar-refractivity contribution in [3.8, 4) is 28.2 Å². The van der Waals surface area contributed by atoms with Crippen molar-refractivity contribution in [2.75, 3.05) is 0 Å². The third kappa shape index (κ3) is 7.25. The van der Waals surface area contributed by atoms with Gasteiger partial charge in [0.05, 0.1) is 22.4 Å². The monoisotopic (exact) mass is 783 g/mol. The number of fused-ring (bicyclic) bond motifs is 4. The van der Waals surface area contributed by atoms with Gasteiger partial charge in [-0.2, -0.15) is 0 Å². The minimum atomic E-state index is 0.830. The molecule has 3 aromatic heterocycles. The van der Waals surface area contributed by atoms with Crippen molar-refractivity contribution in [1.29, 1.82) is 0 Å². The molecule has 0 N–H and O–H groups in total. The number of aromatic nitrogens is 3. The Morgan fingerprint density at radius 2 is 1.33 bits per heavy atom. The van der Waals surface area contributed by atoms with Gasteiger partial charge in [-0.3, -0.25) is 9.97 Å². The van der Waals surface area contributed by atoms with Crippen LogP contribution >= 0.6 is 0 Å². The molecule has 0 atom stereocenters. The fourth-order valence-electron chi connectivity index (χ4n) is 8.87. The Kier molecular flexibility index (Phi) is 10.2. The molecule has 0 radical (unpaired) electrons. The molecule has 0 bridgehead atoms. The van der Waals surface area contributed by atoms with Gasteiger partial charge in [-0.05, 0) is 147 Å². The molecule has 61 heavy (non-hydrogen) atoms. The number of rotatable bonds is 6. The fourth-order valence-corrected chi connectivity index (χ4v) is 8.87. The number of pyridine rings is 2. The summed E-state index contributed by atoms with van der Waals surface area (Å²) in [6.07, 6.45) is 21.2. The second-order valence-corrected chi connectivity index (χ2v) is 15.7. The minimum absolute atomic E-state index is 0.830. The van der Waals surface area contributed by atoms with Crippen LogP contribution in [0.25, 0.3) is 71.9 Å². The lowest BCUT2D eigenvalue weighted by atomic mass is 9.87. The molecule has 0 spiro atoms.